The summed E-state index contributed by atoms with van der Waals surface area (Å²) in [5, 5.41) is 0. The van der Waals surface area contributed by atoms with Gasteiger partial charge < -0.3 is 9.30 Å². The zero-order chi connectivity index (χ0) is 13.2. The third kappa shape index (κ3) is 3.18. The minimum Gasteiger partial charge on any atom is -0.406 e. The Kier molecular flexibility index (Phi) is 3.50. The van der Waals surface area contributed by atoms with E-state index in [1.54, 1.807) is 17.1 Å². The van der Waals surface area contributed by atoms with Crippen molar-refractivity contribution in [1.82, 2.24) is 9.55 Å². The summed E-state index contributed by atoms with van der Waals surface area (Å²) in [7, 11) is 0. The summed E-state index contributed by atoms with van der Waals surface area (Å²) >= 11 is 0. The van der Waals surface area contributed by atoms with Gasteiger partial charge in [-0.05, 0) is 20.8 Å². The van der Waals surface area contributed by atoms with Gasteiger partial charge in [-0.3, -0.25) is 0 Å². The van der Waals surface area contributed by atoms with Crippen molar-refractivity contribution in [1.29, 1.82) is 0 Å². The summed E-state index contributed by atoms with van der Waals surface area (Å²) in [6.07, 6.45) is 8.98. The molecular weight excluding hydrogens is 230 g/mol. The molecule has 18 heavy (non-hydrogen) atoms. The van der Waals surface area contributed by atoms with Crippen molar-refractivity contribution < 1.29 is 14.1 Å². The molecule has 2 rings (SSSR count). The van der Waals surface area contributed by atoms with Gasteiger partial charge in [0.25, 0.3) is 0 Å². The van der Waals surface area contributed by atoms with E-state index in [1.165, 1.54) is 0 Å². The first-order valence-corrected chi connectivity index (χ1v) is 6.26. The molecule has 0 aromatic carbocycles. The molecule has 0 saturated heterocycles. The first-order chi connectivity index (χ1) is 8.46. The van der Waals surface area contributed by atoms with Crippen LogP contribution in [-0.4, -0.2) is 38.1 Å². The normalized spacial score (nSPS) is 19.7. The number of rotatable bonds is 2. The standard InChI is InChI=1S/C13H20N3O2/c1-13(2,3)18-12(17)16-7-4-5-11(16)9-15-8-6-14-10-15/h6-8,10-11H,4-5,9H2,1-3H3/q+1/t11-/m1/s1. The molecule has 1 atom stereocenters. The van der Waals surface area contributed by atoms with E-state index in [4.69, 9.17) is 4.74 Å². The lowest BCUT2D eigenvalue weighted by Gasteiger charge is -2.18. The number of ether oxygens (including phenoxy) is 1. The quantitative estimate of drug-likeness (QED) is 0.755. The van der Waals surface area contributed by atoms with Gasteiger partial charge in [-0.15, -0.1) is 4.58 Å². The van der Waals surface area contributed by atoms with Crippen LogP contribution < -0.4 is 0 Å². The molecule has 1 aliphatic rings. The second kappa shape index (κ2) is 4.92. The van der Waals surface area contributed by atoms with Crippen LogP contribution in [0, 0.1) is 0 Å². The third-order valence-electron chi connectivity index (χ3n) is 2.80. The lowest BCUT2D eigenvalue weighted by Crippen LogP contribution is -2.36. The van der Waals surface area contributed by atoms with Gasteiger partial charge in [-0.2, -0.15) is 4.79 Å². The maximum Gasteiger partial charge on any atom is 0.596 e. The highest BCUT2D eigenvalue weighted by molar-refractivity contribution is 5.67. The second-order valence-corrected chi connectivity index (χ2v) is 5.56. The van der Waals surface area contributed by atoms with Crippen LogP contribution in [0.2, 0.25) is 0 Å². The Morgan fingerprint density at radius 3 is 2.94 bits per heavy atom. The molecule has 5 nitrogen and oxygen atoms in total. The number of hydrogen-bond donors (Lipinski definition) is 0. The van der Waals surface area contributed by atoms with Gasteiger partial charge >= 0.3 is 6.09 Å². The Morgan fingerprint density at radius 2 is 2.33 bits per heavy atom. The molecule has 0 spiro atoms. The van der Waals surface area contributed by atoms with Gasteiger partial charge in [-0.25, -0.2) is 4.98 Å². The number of imidazole rings is 1. The van der Waals surface area contributed by atoms with Crippen LogP contribution >= 0.6 is 0 Å². The van der Waals surface area contributed by atoms with Crippen molar-refractivity contribution in [2.75, 3.05) is 0 Å². The summed E-state index contributed by atoms with van der Waals surface area (Å²) in [5.41, 5.74) is -0.451. The van der Waals surface area contributed by atoms with Gasteiger partial charge in [0, 0.05) is 25.2 Å². The smallest absolute Gasteiger partial charge is 0.406 e. The van der Waals surface area contributed by atoms with Gasteiger partial charge in [0.1, 0.15) is 5.60 Å². The molecule has 5 heteroatoms. The fraction of sp³-hybridized carbons (Fsp3) is 0.615. The van der Waals surface area contributed by atoms with E-state index in [9.17, 15) is 4.79 Å². The topological polar surface area (TPSA) is 47.1 Å². The SMILES string of the molecule is CC(C)(C)OC(=O)[N+]1=CCC[C@@H]1Cn1ccnc1. The molecular formula is C13H20N3O2+. The highest BCUT2D eigenvalue weighted by Crippen LogP contribution is 2.15. The largest absolute Gasteiger partial charge is 0.596 e. The Bertz CT molecular complexity index is 443. The third-order valence-corrected chi connectivity index (χ3v) is 2.80. The number of nitrogens with zero attached hydrogens (tertiary/aromatic N) is 3. The summed E-state index contributed by atoms with van der Waals surface area (Å²) in [5.74, 6) is 0. The van der Waals surface area contributed by atoms with Crippen LogP contribution in [0.1, 0.15) is 33.6 Å². The van der Waals surface area contributed by atoms with Crippen LogP contribution in [-0.2, 0) is 11.3 Å². The molecule has 98 valence electrons. The monoisotopic (exact) mass is 250 g/mol. The number of aromatic nitrogens is 2. The molecule has 0 unspecified atom stereocenters. The molecule has 0 aliphatic carbocycles. The maximum absolute atomic E-state index is 12.0. The summed E-state index contributed by atoms with van der Waals surface area (Å²) in [6, 6.07) is 0.161. The molecule has 1 amide bonds. The minimum atomic E-state index is -0.451. The first kappa shape index (κ1) is 12.8. The zero-order valence-corrected chi connectivity index (χ0v) is 11.2. The lowest BCUT2D eigenvalue weighted by atomic mass is 10.2. The Labute approximate surface area is 107 Å². The van der Waals surface area contributed by atoms with Crippen LogP contribution in [0.15, 0.2) is 18.7 Å². The van der Waals surface area contributed by atoms with E-state index in [-0.39, 0.29) is 12.1 Å². The Balaban J connectivity index is 2.01. The predicted octanol–water partition coefficient (Wildman–Crippen LogP) is 2.06. The van der Waals surface area contributed by atoms with Crippen molar-refractivity contribution in [2.45, 2.75) is 51.8 Å². The second-order valence-electron chi connectivity index (χ2n) is 5.56. The Hall–Kier alpha value is -1.65. The molecule has 1 aromatic rings. The van der Waals surface area contributed by atoms with Gasteiger partial charge in [0.15, 0.2) is 12.3 Å². The van der Waals surface area contributed by atoms with Crippen LogP contribution in [0.5, 0.6) is 0 Å². The molecule has 2 heterocycles. The highest BCUT2D eigenvalue weighted by atomic mass is 16.6. The van der Waals surface area contributed by atoms with E-state index in [0.29, 0.717) is 0 Å². The van der Waals surface area contributed by atoms with E-state index in [1.807, 2.05) is 37.7 Å². The van der Waals surface area contributed by atoms with Gasteiger partial charge in [0.2, 0.25) is 0 Å². The molecule has 1 aromatic heterocycles. The fourth-order valence-electron chi connectivity index (χ4n) is 2.05. The Morgan fingerprint density at radius 1 is 1.56 bits per heavy atom. The van der Waals surface area contributed by atoms with E-state index >= 15 is 0 Å². The zero-order valence-electron chi connectivity index (χ0n) is 11.2. The number of hydrogen-bond acceptors (Lipinski definition) is 3. The molecule has 0 radical (unpaired) electrons. The average molecular weight is 250 g/mol. The number of carbonyl (C=O) groups excluding carboxylic acids is 1. The van der Waals surface area contributed by atoms with Crippen LogP contribution in [0.25, 0.3) is 0 Å². The average Bonchev–Trinajstić information content (AvgIpc) is 2.86. The highest BCUT2D eigenvalue weighted by Gasteiger charge is 2.36. The molecule has 0 N–H and O–H groups in total. The summed E-state index contributed by atoms with van der Waals surface area (Å²) in [4.78, 5) is 16.1. The van der Waals surface area contributed by atoms with Crippen molar-refractivity contribution in [3.05, 3.63) is 18.7 Å². The van der Waals surface area contributed by atoms with E-state index in [0.717, 1.165) is 19.4 Å². The van der Waals surface area contributed by atoms with Crippen LogP contribution in [0.3, 0.4) is 0 Å². The number of carbonyl (C=O) groups is 1. The predicted molar refractivity (Wildman–Crippen MR) is 67.8 cm³/mol. The first-order valence-electron chi connectivity index (χ1n) is 6.26. The van der Waals surface area contributed by atoms with Crippen LogP contribution in [0.4, 0.5) is 4.79 Å². The van der Waals surface area contributed by atoms with E-state index < -0.39 is 5.60 Å². The summed E-state index contributed by atoms with van der Waals surface area (Å²) in [6.45, 7) is 6.40. The molecule has 0 bridgehead atoms. The van der Waals surface area contributed by atoms with Crippen molar-refractivity contribution in [2.24, 2.45) is 0 Å². The molecule has 1 aliphatic heterocycles. The van der Waals surface area contributed by atoms with Gasteiger partial charge in [-0.1, -0.05) is 0 Å². The molecule has 0 saturated carbocycles. The molecule has 0 fully saturated rings. The lowest BCUT2D eigenvalue weighted by molar-refractivity contribution is -0.481. The summed E-state index contributed by atoms with van der Waals surface area (Å²) < 4.78 is 9.10. The van der Waals surface area contributed by atoms with Crippen molar-refractivity contribution >= 4 is 12.3 Å². The number of amides is 1. The van der Waals surface area contributed by atoms with E-state index in [2.05, 4.69) is 4.98 Å². The van der Waals surface area contributed by atoms with Crippen molar-refractivity contribution in [3.8, 4) is 0 Å². The fourth-order valence-corrected chi connectivity index (χ4v) is 2.05. The maximum atomic E-state index is 12.0. The minimum absolute atomic E-state index is 0.161. The van der Waals surface area contributed by atoms with Crippen molar-refractivity contribution in [3.63, 3.8) is 0 Å². The van der Waals surface area contributed by atoms with Gasteiger partial charge in [0.05, 0.1) is 12.9 Å².